The molecule has 1 aromatic rings. The Labute approximate surface area is 131 Å². The number of alkyl halides is 4. The zero-order chi connectivity index (χ0) is 16.2. The minimum absolute atomic E-state index is 0.0636. The van der Waals surface area contributed by atoms with Gasteiger partial charge in [0.2, 0.25) is 11.8 Å². The van der Waals surface area contributed by atoms with Crippen LogP contribution in [0.1, 0.15) is 31.2 Å². The lowest BCUT2D eigenvalue weighted by Crippen LogP contribution is -2.40. The molecule has 0 atom stereocenters. The predicted octanol–water partition coefficient (Wildman–Crippen LogP) is 3.15. The van der Waals surface area contributed by atoms with E-state index in [0.717, 1.165) is 25.1 Å². The van der Waals surface area contributed by atoms with Crippen LogP contribution in [0.25, 0.3) is 0 Å². The third-order valence-electron chi connectivity index (χ3n) is 3.51. The van der Waals surface area contributed by atoms with Crippen LogP contribution in [0.2, 0.25) is 0 Å². The molecule has 0 radical (unpaired) electrons. The van der Waals surface area contributed by atoms with E-state index < -0.39 is 11.7 Å². The van der Waals surface area contributed by atoms with E-state index >= 15 is 0 Å². The number of carbonyl (C=O) groups is 1. The number of ether oxygens (including phenoxy) is 1. The number of amides is 1. The molecule has 0 bridgehead atoms. The van der Waals surface area contributed by atoms with E-state index in [1.807, 2.05) is 0 Å². The summed E-state index contributed by atoms with van der Waals surface area (Å²) in [6, 6.07) is 2.26. The summed E-state index contributed by atoms with van der Waals surface area (Å²) in [5, 5.41) is 2.81. The average Bonchev–Trinajstić information content (AvgIpc) is 2.49. The second kappa shape index (κ2) is 7.17. The fourth-order valence-electron chi connectivity index (χ4n) is 2.38. The summed E-state index contributed by atoms with van der Waals surface area (Å²) in [6.07, 6.45) is -0.840. The summed E-state index contributed by atoms with van der Waals surface area (Å²) in [7, 11) is 0. The van der Waals surface area contributed by atoms with Gasteiger partial charge in [-0.05, 0) is 31.7 Å². The Kier molecular flexibility index (Phi) is 5.50. The van der Waals surface area contributed by atoms with Crippen LogP contribution in [0, 0.1) is 0 Å². The summed E-state index contributed by atoms with van der Waals surface area (Å²) >= 11 is 5.43. The first-order chi connectivity index (χ1) is 10.4. The zero-order valence-electron chi connectivity index (χ0n) is 11.7. The lowest BCUT2D eigenvalue weighted by molar-refractivity contribution is -0.137. The second-order valence-corrected chi connectivity index (χ2v) is 5.44. The molecule has 1 fully saturated rings. The van der Waals surface area contributed by atoms with Crippen molar-refractivity contribution < 1.29 is 22.7 Å². The number of rotatable bonds is 4. The Morgan fingerprint density at radius 3 is 2.50 bits per heavy atom. The summed E-state index contributed by atoms with van der Waals surface area (Å²) in [4.78, 5) is 14.9. The molecule has 1 saturated carbocycles. The number of pyridine rings is 1. The van der Waals surface area contributed by atoms with E-state index in [2.05, 4.69) is 10.3 Å². The molecular weight excluding hydrogens is 321 g/mol. The van der Waals surface area contributed by atoms with E-state index in [4.69, 9.17) is 16.3 Å². The molecule has 1 N–H and O–H groups in total. The van der Waals surface area contributed by atoms with Gasteiger partial charge in [-0.3, -0.25) is 4.79 Å². The Morgan fingerprint density at radius 2 is 2.00 bits per heavy atom. The Morgan fingerprint density at radius 1 is 1.32 bits per heavy atom. The first-order valence-corrected chi connectivity index (χ1v) is 7.47. The number of carbonyl (C=O) groups excluding carboxylic acids is 1. The van der Waals surface area contributed by atoms with Crippen LogP contribution >= 0.6 is 11.6 Å². The van der Waals surface area contributed by atoms with Crippen LogP contribution < -0.4 is 10.1 Å². The van der Waals surface area contributed by atoms with E-state index in [0.29, 0.717) is 12.8 Å². The van der Waals surface area contributed by atoms with Gasteiger partial charge in [-0.15, -0.1) is 11.6 Å². The van der Waals surface area contributed by atoms with E-state index in [-0.39, 0.29) is 29.8 Å². The van der Waals surface area contributed by atoms with Gasteiger partial charge < -0.3 is 10.1 Å². The lowest BCUT2D eigenvalue weighted by atomic mass is 9.93. The fraction of sp³-hybridized carbons (Fsp3) is 0.571. The van der Waals surface area contributed by atoms with Crippen LogP contribution in [0.5, 0.6) is 5.88 Å². The quantitative estimate of drug-likeness (QED) is 0.859. The summed E-state index contributed by atoms with van der Waals surface area (Å²) in [5.74, 6) is -0.0805. The highest BCUT2D eigenvalue weighted by atomic mass is 35.5. The molecule has 1 aromatic heterocycles. The van der Waals surface area contributed by atoms with Gasteiger partial charge in [0.25, 0.3) is 0 Å². The molecule has 2 rings (SSSR count). The standard InChI is InChI=1S/C14H16ClF3N2O2/c15-7-12(21)20-10-2-4-11(5-3-10)22-13-6-1-9(8-19-13)14(16,17)18/h1,6,8,10-11H,2-5,7H2,(H,20,21). The molecular formula is C14H16ClF3N2O2. The summed E-state index contributed by atoms with van der Waals surface area (Å²) in [6.45, 7) is 0. The molecule has 22 heavy (non-hydrogen) atoms. The van der Waals surface area contributed by atoms with Gasteiger partial charge in [-0.25, -0.2) is 4.98 Å². The third kappa shape index (κ3) is 4.76. The molecule has 1 amide bonds. The van der Waals surface area contributed by atoms with Crippen molar-refractivity contribution in [3.8, 4) is 5.88 Å². The Bertz CT molecular complexity index is 500. The van der Waals surface area contributed by atoms with Crippen LogP contribution in [0.15, 0.2) is 18.3 Å². The lowest BCUT2D eigenvalue weighted by Gasteiger charge is -2.29. The largest absolute Gasteiger partial charge is 0.474 e. The van der Waals surface area contributed by atoms with Gasteiger partial charge in [-0.2, -0.15) is 13.2 Å². The molecule has 4 nitrogen and oxygen atoms in total. The maximum atomic E-state index is 12.4. The van der Waals surface area contributed by atoms with Crippen molar-refractivity contribution in [1.82, 2.24) is 10.3 Å². The SMILES string of the molecule is O=C(CCl)NC1CCC(Oc2ccc(C(F)(F)F)cn2)CC1. The van der Waals surface area contributed by atoms with Crippen molar-refractivity contribution >= 4 is 17.5 Å². The zero-order valence-corrected chi connectivity index (χ0v) is 12.5. The van der Waals surface area contributed by atoms with Crippen molar-refractivity contribution in [2.24, 2.45) is 0 Å². The molecule has 1 heterocycles. The smallest absolute Gasteiger partial charge is 0.417 e. The molecule has 0 spiro atoms. The Balaban J connectivity index is 1.82. The summed E-state index contributed by atoms with van der Waals surface area (Å²) in [5.41, 5.74) is -0.799. The van der Waals surface area contributed by atoms with Crippen molar-refractivity contribution in [2.45, 2.75) is 44.0 Å². The number of nitrogens with zero attached hydrogens (tertiary/aromatic N) is 1. The monoisotopic (exact) mass is 336 g/mol. The topological polar surface area (TPSA) is 51.2 Å². The molecule has 1 aliphatic carbocycles. The highest BCUT2D eigenvalue weighted by molar-refractivity contribution is 6.27. The van der Waals surface area contributed by atoms with Gasteiger partial charge >= 0.3 is 6.18 Å². The molecule has 0 aliphatic heterocycles. The van der Waals surface area contributed by atoms with Crippen molar-refractivity contribution in [2.75, 3.05) is 5.88 Å². The fourth-order valence-corrected chi connectivity index (χ4v) is 2.46. The molecule has 0 aromatic carbocycles. The first-order valence-electron chi connectivity index (χ1n) is 6.93. The van der Waals surface area contributed by atoms with Crippen molar-refractivity contribution in [3.63, 3.8) is 0 Å². The predicted molar refractivity (Wildman–Crippen MR) is 74.8 cm³/mol. The molecule has 0 unspecified atom stereocenters. The van der Waals surface area contributed by atoms with Gasteiger partial charge in [0, 0.05) is 18.3 Å². The van der Waals surface area contributed by atoms with E-state index in [1.165, 1.54) is 6.07 Å². The van der Waals surface area contributed by atoms with Crippen LogP contribution in [-0.2, 0) is 11.0 Å². The number of aromatic nitrogens is 1. The first kappa shape index (κ1) is 16.9. The molecule has 122 valence electrons. The maximum absolute atomic E-state index is 12.4. The molecule has 0 saturated heterocycles. The van der Waals surface area contributed by atoms with Gasteiger partial charge in [0.15, 0.2) is 0 Å². The normalized spacial score (nSPS) is 22.2. The Hall–Kier alpha value is -1.50. The number of halogens is 4. The van der Waals surface area contributed by atoms with Crippen molar-refractivity contribution in [1.29, 1.82) is 0 Å². The van der Waals surface area contributed by atoms with Gasteiger partial charge in [0.1, 0.15) is 12.0 Å². The van der Waals surface area contributed by atoms with Gasteiger partial charge in [0.05, 0.1) is 5.56 Å². The molecule has 8 heteroatoms. The van der Waals surface area contributed by atoms with E-state index in [1.54, 1.807) is 0 Å². The number of hydrogen-bond acceptors (Lipinski definition) is 3. The molecule has 1 aliphatic rings. The van der Waals surface area contributed by atoms with Gasteiger partial charge in [-0.1, -0.05) is 0 Å². The van der Waals surface area contributed by atoms with E-state index in [9.17, 15) is 18.0 Å². The van der Waals surface area contributed by atoms with Crippen molar-refractivity contribution in [3.05, 3.63) is 23.9 Å². The average molecular weight is 337 g/mol. The van der Waals surface area contributed by atoms with Crippen LogP contribution in [0.3, 0.4) is 0 Å². The maximum Gasteiger partial charge on any atom is 0.417 e. The highest BCUT2D eigenvalue weighted by Crippen LogP contribution is 2.30. The van der Waals surface area contributed by atoms with Crippen LogP contribution in [0.4, 0.5) is 13.2 Å². The second-order valence-electron chi connectivity index (χ2n) is 5.18. The minimum Gasteiger partial charge on any atom is -0.474 e. The van der Waals surface area contributed by atoms with Crippen LogP contribution in [-0.4, -0.2) is 28.9 Å². The minimum atomic E-state index is -4.40. The summed E-state index contributed by atoms with van der Waals surface area (Å²) < 4.78 is 42.9. The highest BCUT2D eigenvalue weighted by Gasteiger charge is 2.31. The number of hydrogen-bond donors (Lipinski definition) is 1. The number of nitrogens with one attached hydrogen (secondary N) is 1. The third-order valence-corrected chi connectivity index (χ3v) is 3.75.